The number of amides is 1. The molecule has 0 bridgehead atoms. The number of carbonyl (C=O) groups excluding carboxylic acids is 1. The van der Waals surface area contributed by atoms with E-state index in [0.29, 0.717) is 12.2 Å². The fourth-order valence-corrected chi connectivity index (χ4v) is 2.04. The van der Waals surface area contributed by atoms with Gasteiger partial charge in [0.2, 0.25) is 0 Å². The fourth-order valence-electron chi connectivity index (χ4n) is 2.04. The minimum atomic E-state index is -1.33. The number of carboxylic acids is 1. The number of carboxylic acid groups (broad SMARTS) is 1. The molecule has 18 heavy (non-hydrogen) atoms. The van der Waals surface area contributed by atoms with Gasteiger partial charge < -0.3 is 15.7 Å². The summed E-state index contributed by atoms with van der Waals surface area (Å²) >= 11 is 0. The highest BCUT2D eigenvalue weighted by atomic mass is 16.4. The van der Waals surface area contributed by atoms with Crippen LogP contribution in [0.5, 0.6) is 0 Å². The molecule has 6 heteroatoms. The standard InChI is InChI=1S/C12H15N3O3/c1-8-3-2-5-14-9(8)10(16)15-6-4-12(13,7-15)11(17)18/h2-3,5H,4,6-7,13H2,1H3,(H,17,18). The Kier molecular flexibility index (Phi) is 3.04. The molecule has 1 fully saturated rings. The highest BCUT2D eigenvalue weighted by molar-refractivity contribution is 5.94. The van der Waals surface area contributed by atoms with Gasteiger partial charge in [-0.05, 0) is 25.0 Å². The molecule has 6 nitrogen and oxygen atoms in total. The Bertz CT molecular complexity index is 503. The summed E-state index contributed by atoms with van der Waals surface area (Å²) < 4.78 is 0. The summed E-state index contributed by atoms with van der Waals surface area (Å²) in [6.07, 6.45) is 1.81. The molecule has 0 radical (unpaired) electrons. The van der Waals surface area contributed by atoms with Crippen molar-refractivity contribution in [1.82, 2.24) is 9.88 Å². The maximum atomic E-state index is 12.2. The van der Waals surface area contributed by atoms with E-state index in [1.54, 1.807) is 25.3 Å². The van der Waals surface area contributed by atoms with Crippen molar-refractivity contribution < 1.29 is 14.7 Å². The van der Waals surface area contributed by atoms with E-state index in [1.807, 2.05) is 0 Å². The average molecular weight is 249 g/mol. The summed E-state index contributed by atoms with van der Waals surface area (Å²) in [6, 6.07) is 3.55. The van der Waals surface area contributed by atoms with Crippen LogP contribution in [0.2, 0.25) is 0 Å². The Balaban J connectivity index is 2.18. The van der Waals surface area contributed by atoms with Gasteiger partial charge in [0.15, 0.2) is 0 Å². The van der Waals surface area contributed by atoms with Gasteiger partial charge in [0.05, 0.1) is 0 Å². The summed E-state index contributed by atoms with van der Waals surface area (Å²) in [7, 11) is 0. The third-order valence-electron chi connectivity index (χ3n) is 3.23. The van der Waals surface area contributed by atoms with Crippen LogP contribution >= 0.6 is 0 Å². The van der Waals surface area contributed by atoms with Crippen molar-refractivity contribution in [2.75, 3.05) is 13.1 Å². The van der Waals surface area contributed by atoms with Crippen LogP contribution in [-0.2, 0) is 4.79 Å². The van der Waals surface area contributed by atoms with Gasteiger partial charge in [-0.25, -0.2) is 0 Å². The van der Waals surface area contributed by atoms with Crippen LogP contribution in [0.1, 0.15) is 22.5 Å². The minimum Gasteiger partial charge on any atom is -0.480 e. The number of aromatic nitrogens is 1. The number of hydrogen-bond acceptors (Lipinski definition) is 4. The first-order chi connectivity index (χ1) is 8.44. The van der Waals surface area contributed by atoms with Crippen molar-refractivity contribution in [3.8, 4) is 0 Å². The quantitative estimate of drug-likeness (QED) is 0.770. The molecular weight excluding hydrogens is 234 g/mol. The summed E-state index contributed by atoms with van der Waals surface area (Å²) in [5, 5.41) is 9.02. The molecule has 1 atom stereocenters. The van der Waals surface area contributed by atoms with Crippen molar-refractivity contribution in [2.24, 2.45) is 5.73 Å². The Labute approximate surface area is 104 Å². The number of nitrogens with zero attached hydrogens (tertiary/aromatic N) is 2. The molecule has 3 N–H and O–H groups in total. The maximum Gasteiger partial charge on any atom is 0.325 e. The van der Waals surface area contributed by atoms with Gasteiger partial charge in [-0.1, -0.05) is 6.07 Å². The molecular formula is C12H15N3O3. The number of hydrogen-bond donors (Lipinski definition) is 2. The lowest BCUT2D eigenvalue weighted by Crippen LogP contribution is -2.50. The summed E-state index contributed by atoms with van der Waals surface area (Å²) in [5.41, 5.74) is 5.52. The Morgan fingerprint density at radius 1 is 1.56 bits per heavy atom. The zero-order chi connectivity index (χ0) is 13.3. The minimum absolute atomic E-state index is 0.0250. The first kappa shape index (κ1) is 12.5. The molecule has 1 aliphatic heterocycles. The largest absolute Gasteiger partial charge is 0.480 e. The zero-order valence-electron chi connectivity index (χ0n) is 10.1. The second kappa shape index (κ2) is 4.38. The molecule has 1 saturated heterocycles. The second-order valence-electron chi connectivity index (χ2n) is 4.61. The van der Waals surface area contributed by atoms with Crippen LogP contribution in [0.4, 0.5) is 0 Å². The van der Waals surface area contributed by atoms with Gasteiger partial charge in [-0.3, -0.25) is 14.6 Å². The average Bonchev–Trinajstić information content (AvgIpc) is 2.73. The van der Waals surface area contributed by atoms with E-state index < -0.39 is 11.5 Å². The SMILES string of the molecule is Cc1cccnc1C(=O)N1CCC(N)(C(=O)O)C1. The van der Waals surface area contributed by atoms with Crippen LogP contribution in [0.3, 0.4) is 0 Å². The predicted octanol–water partition coefficient (Wildman–Crippen LogP) is 0.0180. The van der Waals surface area contributed by atoms with Gasteiger partial charge in [0.1, 0.15) is 11.2 Å². The molecule has 96 valence electrons. The van der Waals surface area contributed by atoms with Gasteiger partial charge >= 0.3 is 5.97 Å². The molecule has 1 aliphatic rings. The van der Waals surface area contributed by atoms with Crippen molar-refractivity contribution in [3.63, 3.8) is 0 Å². The lowest BCUT2D eigenvalue weighted by atomic mass is 10.0. The molecule has 0 aliphatic carbocycles. The Morgan fingerprint density at radius 2 is 2.28 bits per heavy atom. The number of carbonyl (C=O) groups is 2. The van der Waals surface area contributed by atoms with Crippen LogP contribution in [0.15, 0.2) is 18.3 Å². The van der Waals surface area contributed by atoms with Gasteiger partial charge in [-0.15, -0.1) is 0 Å². The number of aliphatic carboxylic acids is 1. The Morgan fingerprint density at radius 3 is 2.83 bits per heavy atom. The number of likely N-dealkylation sites (tertiary alicyclic amines) is 1. The van der Waals surface area contributed by atoms with E-state index >= 15 is 0 Å². The third-order valence-corrected chi connectivity index (χ3v) is 3.23. The zero-order valence-corrected chi connectivity index (χ0v) is 10.1. The fraction of sp³-hybridized carbons (Fsp3) is 0.417. The molecule has 0 spiro atoms. The van der Waals surface area contributed by atoms with Crippen LogP contribution < -0.4 is 5.73 Å². The topological polar surface area (TPSA) is 96.5 Å². The number of rotatable bonds is 2. The molecule has 1 amide bonds. The van der Waals surface area contributed by atoms with E-state index in [4.69, 9.17) is 10.8 Å². The number of pyridine rings is 1. The van der Waals surface area contributed by atoms with Crippen LogP contribution in [-0.4, -0.2) is 45.5 Å². The van der Waals surface area contributed by atoms with Crippen molar-refractivity contribution in [2.45, 2.75) is 18.9 Å². The smallest absolute Gasteiger partial charge is 0.325 e. The summed E-state index contributed by atoms with van der Waals surface area (Å²) in [4.78, 5) is 28.7. The Hall–Kier alpha value is -1.95. The van der Waals surface area contributed by atoms with E-state index in [-0.39, 0.29) is 18.9 Å². The molecule has 0 saturated carbocycles. The van der Waals surface area contributed by atoms with Crippen LogP contribution in [0, 0.1) is 6.92 Å². The molecule has 1 aromatic heterocycles. The van der Waals surface area contributed by atoms with E-state index in [1.165, 1.54) is 4.90 Å². The number of nitrogens with two attached hydrogens (primary N) is 1. The monoisotopic (exact) mass is 249 g/mol. The summed E-state index contributed by atoms with van der Waals surface area (Å²) in [5.74, 6) is -1.34. The first-order valence-corrected chi connectivity index (χ1v) is 5.67. The molecule has 2 heterocycles. The van der Waals surface area contributed by atoms with E-state index in [9.17, 15) is 9.59 Å². The highest BCUT2D eigenvalue weighted by Gasteiger charge is 2.43. The highest BCUT2D eigenvalue weighted by Crippen LogP contribution is 2.21. The van der Waals surface area contributed by atoms with Gasteiger partial charge in [0, 0.05) is 19.3 Å². The van der Waals surface area contributed by atoms with Gasteiger partial charge in [-0.2, -0.15) is 0 Å². The normalized spacial score (nSPS) is 23.1. The summed E-state index contributed by atoms with van der Waals surface area (Å²) in [6.45, 7) is 2.16. The lowest BCUT2D eigenvalue weighted by molar-refractivity contribution is -0.142. The van der Waals surface area contributed by atoms with Crippen molar-refractivity contribution in [3.05, 3.63) is 29.6 Å². The van der Waals surface area contributed by atoms with Crippen molar-refractivity contribution in [1.29, 1.82) is 0 Å². The van der Waals surface area contributed by atoms with Crippen molar-refractivity contribution >= 4 is 11.9 Å². The molecule has 0 aromatic carbocycles. The van der Waals surface area contributed by atoms with Gasteiger partial charge in [0.25, 0.3) is 5.91 Å². The predicted molar refractivity (Wildman–Crippen MR) is 64.0 cm³/mol. The van der Waals surface area contributed by atoms with Crippen LogP contribution in [0.25, 0.3) is 0 Å². The number of aryl methyl sites for hydroxylation is 1. The molecule has 1 aromatic rings. The second-order valence-corrected chi connectivity index (χ2v) is 4.61. The van der Waals surface area contributed by atoms with E-state index in [0.717, 1.165) is 5.56 Å². The maximum absolute atomic E-state index is 12.2. The lowest BCUT2D eigenvalue weighted by Gasteiger charge is -2.20. The third kappa shape index (κ3) is 2.06. The first-order valence-electron chi connectivity index (χ1n) is 5.67. The molecule has 1 unspecified atom stereocenters. The molecule has 2 rings (SSSR count). The van der Waals surface area contributed by atoms with E-state index in [2.05, 4.69) is 4.98 Å².